The van der Waals surface area contributed by atoms with Crippen molar-refractivity contribution in [1.29, 1.82) is 0 Å². The summed E-state index contributed by atoms with van der Waals surface area (Å²) in [6.45, 7) is 3.45. The van der Waals surface area contributed by atoms with Gasteiger partial charge in [0.1, 0.15) is 10.7 Å². The molecule has 33 heavy (non-hydrogen) atoms. The first kappa shape index (κ1) is 24.1. The fraction of sp³-hybridized carbons (Fsp3) is 0.182. The summed E-state index contributed by atoms with van der Waals surface area (Å²) in [6.07, 6.45) is -2.41. The van der Waals surface area contributed by atoms with Crippen molar-refractivity contribution in [2.45, 2.75) is 24.9 Å². The lowest BCUT2D eigenvalue weighted by Gasteiger charge is -2.13. The zero-order valence-corrected chi connectivity index (χ0v) is 18.7. The van der Waals surface area contributed by atoms with E-state index in [0.717, 1.165) is 17.7 Å². The van der Waals surface area contributed by atoms with Crippen molar-refractivity contribution in [1.82, 2.24) is 4.98 Å². The summed E-state index contributed by atoms with van der Waals surface area (Å²) in [5.74, 6) is 0.263. The number of hydrogen-bond donors (Lipinski definition) is 1. The van der Waals surface area contributed by atoms with Gasteiger partial charge in [-0.15, -0.1) is 0 Å². The molecule has 1 N–H and O–H groups in total. The lowest BCUT2D eigenvalue weighted by Crippen LogP contribution is -2.12. The van der Waals surface area contributed by atoms with Gasteiger partial charge < -0.3 is 8.92 Å². The Balaban J connectivity index is 1.75. The molecule has 0 bridgehead atoms. The van der Waals surface area contributed by atoms with Crippen LogP contribution >= 0.6 is 0 Å². The molecule has 0 aliphatic rings. The number of nitrogens with zero attached hydrogens (tertiary/aromatic N) is 2. The van der Waals surface area contributed by atoms with Gasteiger partial charge in [0, 0.05) is 6.20 Å². The van der Waals surface area contributed by atoms with Gasteiger partial charge in [-0.1, -0.05) is 12.1 Å². The molecule has 0 amide bonds. The largest absolute Gasteiger partial charge is 0.493 e. The third kappa shape index (κ3) is 6.01. The van der Waals surface area contributed by atoms with E-state index in [9.17, 15) is 21.6 Å². The number of halogens is 3. The molecule has 1 aromatic heterocycles. The van der Waals surface area contributed by atoms with E-state index >= 15 is 0 Å². The minimum absolute atomic E-state index is 0.00655. The molecule has 11 heteroatoms. The maximum atomic E-state index is 12.8. The number of anilines is 1. The SMILES string of the molecule is COc1cc(/C=N\Nc2ccc(C(F)(F)F)cn2)ccc1OS(=O)(=O)c1cc(C)ccc1C. The Bertz CT molecular complexity index is 1280. The minimum Gasteiger partial charge on any atom is -0.493 e. The van der Waals surface area contributed by atoms with Crippen LogP contribution in [0, 0.1) is 13.8 Å². The number of pyridine rings is 1. The first-order valence-corrected chi connectivity index (χ1v) is 10.9. The van der Waals surface area contributed by atoms with Crippen molar-refractivity contribution >= 4 is 22.2 Å². The summed E-state index contributed by atoms with van der Waals surface area (Å²) < 4.78 is 73.8. The van der Waals surface area contributed by atoms with Crippen LogP contribution in [0.1, 0.15) is 22.3 Å². The van der Waals surface area contributed by atoms with Crippen molar-refractivity contribution in [3.8, 4) is 11.5 Å². The number of hydrazone groups is 1. The van der Waals surface area contributed by atoms with Gasteiger partial charge in [0.2, 0.25) is 0 Å². The number of aryl methyl sites for hydroxylation is 2. The molecule has 3 aromatic rings. The predicted octanol–water partition coefficient (Wildman–Crippen LogP) is 4.94. The predicted molar refractivity (Wildman–Crippen MR) is 117 cm³/mol. The minimum atomic E-state index is -4.47. The van der Waals surface area contributed by atoms with Crippen LogP contribution in [0.4, 0.5) is 19.0 Å². The molecule has 0 saturated carbocycles. The van der Waals surface area contributed by atoms with Gasteiger partial charge in [-0.3, -0.25) is 5.43 Å². The van der Waals surface area contributed by atoms with Crippen LogP contribution in [-0.2, 0) is 16.3 Å². The van der Waals surface area contributed by atoms with Gasteiger partial charge >= 0.3 is 16.3 Å². The molecular weight excluding hydrogens is 459 g/mol. The third-order valence-corrected chi connectivity index (χ3v) is 5.86. The molecule has 1 heterocycles. The summed E-state index contributed by atoms with van der Waals surface area (Å²) >= 11 is 0. The van der Waals surface area contributed by atoms with Crippen LogP contribution in [-0.4, -0.2) is 26.7 Å². The van der Waals surface area contributed by atoms with E-state index in [1.807, 2.05) is 0 Å². The first-order chi connectivity index (χ1) is 15.5. The second kappa shape index (κ2) is 9.49. The van der Waals surface area contributed by atoms with Crippen molar-refractivity contribution in [2.24, 2.45) is 5.10 Å². The zero-order valence-electron chi connectivity index (χ0n) is 17.8. The van der Waals surface area contributed by atoms with E-state index in [2.05, 4.69) is 15.5 Å². The number of hydrogen-bond acceptors (Lipinski definition) is 7. The fourth-order valence-corrected chi connectivity index (χ4v) is 4.03. The maximum Gasteiger partial charge on any atom is 0.417 e. The van der Waals surface area contributed by atoms with Crippen LogP contribution in [0.2, 0.25) is 0 Å². The van der Waals surface area contributed by atoms with Crippen LogP contribution < -0.4 is 14.3 Å². The third-order valence-electron chi connectivity index (χ3n) is 4.48. The molecule has 0 atom stereocenters. The second-order valence-electron chi connectivity index (χ2n) is 7.02. The quantitative estimate of drug-likeness (QED) is 0.293. The topological polar surface area (TPSA) is 89.9 Å². The number of aromatic nitrogens is 1. The Morgan fingerprint density at radius 1 is 1.03 bits per heavy atom. The van der Waals surface area contributed by atoms with Gasteiger partial charge in [-0.2, -0.15) is 26.7 Å². The van der Waals surface area contributed by atoms with Crippen molar-refractivity contribution < 1.29 is 30.5 Å². The normalized spacial score (nSPS) is 12.1. The highest BCUT2D eigenvalue weighted by atomic mass is 32.2. The number of benzene rings is 2. The fourth-order valence-electron chi connectivity index (χ4n) is 2.77. The van der Waals surface area contributed by atoms with Gasteiger partial charge in [0.05, 0.1) is 18.9 Å². The highest BCUT2D eigenvalue weighted by Crippen LogP contribution is 2.31. The van der Waals surface area contributed by atoms with E-state index in [1.165, 1.54) is 31.5 Å². The van der Waals surface area contributed by atoms with E-state index in [4.69, 9.17) is 8.92 Å². The summed E-state index contributed by atoms with van der Waals surface area (Å²) in [5.41, 5.74) is 3.49. The Kier molecular flexibility index (Phi) is 6.92. The van der Waals surface area contributed by atoms with Crippen molar-refractivity contribution in [2.75, 3.05) is 12.5 Å². The van der Waals surface area contributed by atoms with E-state index in [-0.39, 0.29) is 22.2 Å². The Labute approximate surface area is 189 Å². The maximum absolute atomic E-state index is 12.8. The molecule has 0 aliphatic heterocycles. The first-order valence-electron chi connectivity index (χ1n) is 9.52. The molecular formula is C22H20F3N3O4S. The summed E-state index contributed by atoms with van der Waals surface area (Å²) in [4.78, 5) is 3.71. The summed E-state index contributed by atoms with van der Waals surface area (Å²) in [5, 5.41) is 3.92. The van der Waals surface area contributed by atoms with Gasteiger partial charge in [0.15, 0.2) is 11.5 Å². The highest BCUT2D eigenvalue weighted by Gasteiger charge is 2.30. The highest BCUT2D eigenvalue weighted by molar-refractivity contribution is 7.87. The summed E-state index contributed by atoms with van der Waals surface area (Å²) in [7, 11) is -2.73. The smallest absolute Gasteiger partial charge is 0.417 e. The van der Waals surface area contributed by atoms with Gasteiger partial charge in [-0.05, 0) is 66.9 Å². The van der Waals surface area contributed by atoms with Crippen molar-refractivity contribution in [3.63, 3.8) is 0 Å². The number of ether oxygens (including phenoxy) is 1. The molecule has 174 valence electrons. The average molecular weight is 479 g/mol. The molecule has 7 nitrogen and oxygen atoms in total. The molecule has 0 fully saturated rings. The van der Waals surface area contributed by atoms with Gasteiger partial charge in [0.25, 0.3) is 0 Å². The van der Waals surface area contributed by atoms with E-state index < -0.39 is 21.9 Å². The van der Waals surface area contributed by atoms with Crippen LogP contribution in [0.15, 0.2) is 64.7 Å². The number of nitrogens with one attached hydrogen (secondary N) is 1. The number of rotatable bonds is 7. The Hall–Kier alpha value is -3.60. The monoisotopic (exact) mass is 479 g/mol. The molecule has 0 unspecified atom stereocenters. The van der Waals surface area contributed by atoms with Crippen LogP contribution in [0.25, 0.3) is 0 Å². The molecule has 0 radical (unpaired) electrons. The Morgan fingerprint density at radius 3 is 2.42 bits per heavy atom. The molecule has 3 rings (SSSR count). The molecule has 0 saturated heterocycles. The average Bonchev–Trinajstić information content (AvgIpc) is 2.76. The van der Waals surface area contributed by atoms with Crippen molar-refractivity contribution in [3.05, 3.63) is 77.0 Å². The van der Waals surface area contributed by atoms with Crippen LogP contribution in [0.3, 0.4) is 0 Å². The second-order valence-corrected chi connectivity index (χ2v) is 8.53. The van der Waals surface area contributed by atoms with E-state index in [1.54, 1.807) is 32.0 Å². The molecule has 0 aliphatic carbocycles. The molecule has 2 aromatic carbocycles. The number of methoxy groups -OCH3 is 1. The lowest BCUT2D eigenvalue weighted by molar-refractivity contribution is -0.137. The summed E-state index contributed by atoms with van der Waals surface area (Å²) in [6, 6.07) is 11.5. The standard InChI is InChI=1S/C22H20F3N3O4S/c1-14-4-5-15(2)20(10-14)33(29,30)32-18-8-6-16(11-19(18)31-3)12-27-28-21-9-7-17(13-26-21)22(23,24)25/h4-13H,1-3H3,(H,26,28)/b27-12-. The zero-order chi connectivity index (χ0) is 24.2. The van der Waals surface area contributed by atoms with Crippen LogP contribution in [0.5, 0.6) is 11.5 Å². The lowest BCUT2D eigenvalue weighted by atomic mass is 10.2. The number of alkyl halides is 3. The Morgan fingerprint density at radius 2 is 1.79 bits per heavy atom. The van der Waals surface area contributed by atoms with Gasteiger partial charge in [-0.25, -0.2) is 4.98 Å². The van der Waals surface area contributed by atoms with E-state index in [0.29, 0.717) is 17.3 Å². The molecule has 0 spiro atoms.